The van der Waals surface area contributed by atoms with Gasteiger partial charge in [0, 0.05) is 17.8 Å². The molecule has 0 fully saturated rings. The van der Waals surface area contributed by atoms with E-state index in [1.54, 1.807) is 24.3 Å². The molecule has 0 saturated heterocycles. The van der Waals surface area contributed by atoms with Gasteiger partial charge in [0.25, 0.3) is 0 Å². The molecular formula is C14H12N2O4. The van der Waals surface area contributed by atoms with E-state index in [1.165, 1.54) is 12.3 Å². The summed E-state index contributed by atoms with van der Waals surface area (Å²) in [5.41, 5.74) is 0.172. The third-order valence-corrected chi connectivity index (χ3v) is 2.88. The van der Waals surface area contributed by atoms with E-state index in [-0.39, 0.29) is 12.3 Å². The van der Waals surface area contributed by atoms with Gasteiger partial charge in [0.15, 0.2) is 5.78 Å². The molecule has 102 valence electrons. The molecule has 0 N–H and O–H groups in total. The molecule has 0 spiro atoms. The minimum Gasteiger partial charge on any atom is -0.302 e. The van der Waals surface area contributed by atoms with E-state index in [9.17, 15) is 19.7 Å². The van der Waals surface area contributed by atoms with Crippen molar-refractivity contribution in [1.82, 2.24) is 4.57 Å². The number of rotatable bonds is 4. The van der Waals surface area contributed by atoms with Crippen LogP contribution in [0.25, 0.3) is 0 Å². The van der Waals surface area contributed by atoms with Crippen molar-refractivity contribution in [3.8, 4) is 0 Å². The Hall–Kier alpha value is -2.76. The number of carbonyl (C=O) groups excluding carboxylic acids is 1. The lowest BCUT2D eigenvalue weighted by molar-refractivity contribution is -0.386. The van der Waals surface area contributed by atoms with Crippen LogP contribution in [0.2, 0.25) is 0 Å². The molecule has 2 rings (SSSR count). The highest BCUT2D eigenvalue weighted by Gasteiger charge is 2.15. The average molecular weight is 272 g/mol. The Labute approximate surface area is 114 Å². The maximum absolute atomic E-state index is 12.0. The van der Waals surface area contributed by atoms with Gasteiger partial charge in [-0.05, 0) is 13.0 Å². The number of Topliss-reactive ketones (excluding diaryl/α,β-unsaturated/α-hetero) is 1. The van der Waals surface area contributed by atoms with Crippen LogP contribution in [0.1, 0.15) is 15.9 Å². The van der Waals surface area contributed by atoms with Crippen molar-refractivity contribution in [2.24, 2.45) is 0 Å². The number of benzene rings is 1. The SMILES string of the molecule is Cc1ccc(C(=O)Cn2cccc([N+](=O)[O-])c2=O)cc1. The van der Waals surface area contributed by atoms with Crippen molar-refractivity contribution in [2.45, 2.75) is 13.5 Å². The van der Waals surface area contributed by atoms with Gasteiger partial charge >= 0.3 is 11.2 Å². The largest absolute Gasteiger partial charge is 0.334 e. The van der Waals surface area contributed by atoms with E-state index in [0.29, 0.717) is 5.56 Å². The van der Waals surface area contributed by atoms with E-state index in [4.69, 9.17) is 0 Å². The van der Waals surface area contributed by atoms with Crippen molar-refractivity contribution < 1.29 is 9.72 Å². The Balaban J connectivity index is 2.29. The third-order valence-electron chi connectivity index (χ3n) is 2.88. The van der Waals surface area contributed by atoms with Gasteiger partial charge in [-0.3, -0.25) is 19.7 Å². The Morgan fingerprint density at radius 1 is 1.25 bits per heavy atom. The third kappa shape index (κ3) is 2.80. The molecule has 0 saturated carbocycles. The first-order valence-corrected chi connectivity index (χ1v) is 5.93. The van der Waals surface area contributed by atoms with E-state index in [0.717, 1.165) is 16.2 Å². The van der Waals surface area contributed by atoms with Crippen molar-refractivity contribution in [2.75, 3.05) is 0 Å². The van der Waals surface area contributed by atoms with Gasteiger partial charge in [0.2, 0.25) is 0 Å². The lowest BCUT2D eigenvalue weighted by atomic mass is 10.1. The van der Waals surface area contributed by atoms with Crippen molar-refractivity contribution in [3.05, 3.63) is 74.2 Å². The van der Waals surface area contributed by atoms with Gasteiger partial charge in [0.05, 0.1) is 11.5 Å². The van der Waals surface area contributed by atoms with Crippen LogP contribution in [0.5, 0.6) is 0 Å². The molecule has 0 unspecified atom stereocenters. The summed E-state index contributed by atoms with van der Waals surface area (Å²) in [6, 6.07) is 9.42. The number of ketones is 1. The fraction of sp³-hybridized carbons (Fsp3) is 0.143. The molecule has 0 atom stereocenters. The Kier molecular flexibility index (Phi) is 3.74. The molecule has 2 aromatic rings. The lowest BCUT2D eigenvalue weighted by Gasteiger charge is -2.05. The van der Waals surface area contributed by atoms with Gasteiger partial charge < -0.3 is 4.57 Å². The number of aryl methyl sites for hydroxylation is 1. The molecular weight excluding hydrogens is 260 g/mol. The van der Waals surface area contributed by atoms with Gasteiger partial charge in [-0.15, -0.1) is 0 Å². The molecule has 1 aromatic heterocycles. The first kappa shape index (κ1) is 13.7. The zero-order valence-corrected chi connectivity index (χ0v) is 10.8. The fourth-order valence-corrected chi connectivity index (χ4v) is 1.77. The van der Waals surface area contributed by atoms with Crippen molar-refractivity contribution >= 4 is 11.5 Å². The smallest absolute Gasteiger partial charge is 0.302 e. The van der Waals surface area contributed by atoms with E-state index >= 15 is 0 Å². The molecule has 0 radical (unpaired) electrons. The lowest BCUT2D eigenvalue weighted by Crippen LogP contribution is -2.25. The summed E-state index contributed by atoms with van der Waals surface area (Å²) in [4.78, 5) is 33.7. The highest BCUT2D eigenvalue weighted by atomic mass is 16.6. The minimum absolute atomic E-state index is 0.219. The summed E-state index contributed by atoms with van der Waals surface area (Å²) < 4.78 is 1.04. The zero-order valence-electron chi connectivity index (χ0n) is 10.8. The maximum Gasteiger partial charge on any atom is 0.334 e. The number of aromatic nitrogens is 1. The number of nitrogens with zero attached hydrogens (tertiary/aromatic N) is 2. The molecule has 0 aliphatic carbocycles. The normalized spacial score (nSPS) is 10.2. The highest BCUT2D eigenvalue weighted by molar-refractivity contribution is 5.95. The van der Waals surface area contributed by atoms with Crippen LogP contribution >= 0.6 is 0 Å². The summed E-state index contributed by atoms with van der Waals surface area (Å²) in [6.07, 6.45) is 1.36. The number of hydrogen-bond donors (Lipinski definition) is 0. The monoisotopic (exact) mass is 272 g/mol. The van der Waals surface area contributed by atoms with Crippen LogP contribution in [0, 0.1) is 17.0 Å². The molecule has 6 heteroatoms. The summed E-state index contributed by atoms with van der Waals surface area (Å²) in [6.45, 7) is 1.68. The molecule has 6 nitrogen and oxygen atoms in total. The summed E-state index contributed by atoms with van der Waals surface area (Å²) in [5.74, 6) is -0.271. The van der Waals surface area contributed by atoms with Crippen LogP contribution < -0.4 is 5.56 Å². The Morgan fingerprint density at radius 3 is 2.50 bits per heavy atom. The second kappa shape index (κ2) is 5.48. The number of hydrogen-bond acceptors (Lipinski definition) is 4. The topological polar surface area (TPSA) is 82.2 Å². The number of pyridine rings is 1. The molecule has 1 heterocycles. The van der Waals surface area contributed by atoms with Gasteiger partial charge in [-0.1, -0.05) is 29.8 Å². The van der Waals surface area contributed by atoms with Gasteiger partial charge in [-0.25, -0.2) is 0 Å². The van der Waals surface area contributed by atoms with Gasteiger partial charge in [-0.2, -0.15) is 0 Å². The Bertz CT molecular complexity index is 717. The molecule has 0 amide bonds. The predicted octanol–water partition coefficient (Wildman–Crippen LogP) is 1.95. The molecule has 20 heavy (non-hydrogen) atoms. The summed E-state index contributed by atoms with van der Waals surface area (Å²) in [7, 11) is 0. The van der Waals surface area contributed by atoms with E-state index in [1.807, 2.05) is 6.92 Å². The summed E-state index contributed by atoms with van der Waals surface area (Å²) in [5, 5.41) is 10.7. The van der Waals surface area contributed by atoms with Crippen LogP contribution in [-0.2, 0) is 6.54 Å². The number of nitro groups is 1. The van der Waals surface area contributed by atoms with Gasteiger partial charge in [0.1, 0.15) is 0 Å². The molecule has 0 aliphatic rings. The molecule has 0 bridgehead atoms. The standard InChI is InChI=1S/C14H12N2O4/c1-10-4-6-11(7-5-10)13(17)9-15-8-2-3-12(14(15)18)16(19)20/h2-8H,9H2,1H3. The number of carbonyl (C=O) groups is 1. The quantitative estimate of drug-likeness (QED) is 0.484. The minimum atomic E-state index is -0.780. The second-order valence-corrected chi connectivity index (χ2v) is 4.37. The van der Waals surface area contributed by atoms with E-state index < -0.39 is 16.2 Å². The zero-order chi connectivity index (χ0) is 14.7. The summed E-state index contributed by atoms with van der Waals surface area (Å²) >= 11 is 0. The highest BCUT2D eigenvalue weighted by Crippen LogP contribution is 2.06. The van der Waals surface area contributed by atoms with Crippen molar-refractivity contribution in [3.63, 3.8) is 0 Å². The second-order valence-electron chi connectivity index (χ2n) is 4.37. The van der Waals surface area contributed by atoms with Crippen molar-refractivity contribution in [1.29, 1.82) is 0 Å². The van der Waals surface area contributed by atoms with Crippen LogP contribution in [-0.4, -0.2) is 15.3 Å². The molecule has 0 aliphatic heterocycles. The van der Waals surface area contributed by atoms with E-state index in [2.05, 4.69) is 0 Å². The molecule has 1 aromatic carbocycles. The maximum atomic E-state index is 12.0. The van der Waals surface area contributed by atoms with Crippen LogP contribution in [0.3, 0.4) is 0 Å². The predicted molar refractivity (Wildman–Crippen MR) is 72.9 cm³/mol. The Morgan fingerprint density at radius 2 is 1.90 bits per heavy atom. The van der Waals surface area contributed by atoms with Crippen LogP contribution in [0.4, 0.5) is 5.69 Å². The van der Waals surface area contributed by atoms with Crippen LogP contribution in [0.15, 0.2) is 47.4 Å². The fourth-order valence-electron chi connectivity index (χ4n) is 1.77. The average Bonchev–Trinajstić information content (AvgIpc) is 2.41. The first-order chi connectivity index (χ1) is 9.49. The first-order valence-electron chi connectivity index (χ1n) is 5.93.